The molecule has 0 bridgehead atoms. The van der Waals surface area contributed by atoms with Crippen molar-refractivity contribution >= 4 is 17.7 Å². The lowest BCUT2D eigenvalue weighted by molar-refractivity contribution is -0.138. The van der Waals surface area contributed by atoms with Gasteiger partial charge in [-0.2, -0.15) is 11.8 Å². The lowest BCUT2D eigenvalue weighted by atomic mass is 10.2. The average Bonchev–Trinajstić information content (AvgIpc) is 2.26. The number of nitrogens with zero attached hydrogens (tertiary/aromatic N) is 1. The number of aliphatic carboxylic acids is 1. The highest BCUT2D eigenvalue weighted by Crippen LogP contribution is 2.18. The number of hydrogen-bond donors (Lipinski definition) is 2. The van der Waals surface area contributed by atoms with E-state index in [1.807, 2.05) is 0 Å². The number of aliphatic hydroxyl groups is 1. The molecule has 1 heterocycles. The van der Waals surface area contributed by atoms with Gasteiger partial charge in [-0.15, -0.1) is 0 Å². The van der Waals surface area contributed by atoms with Crippen LogP contribution in [0, 0.1) is 0 Å². The Bertz CT molecular complexity index is 215. The molecule has 0 spiro atoms. The molecule has 6 heteroatoms. The maximum absolute atomic E-state index is 10.7. The molecule has 0 radical (unpaired) electrons. The standard InChI is InChI=1S/C10H19NO4S/c12-3-5-15-4-1-11-2-6-16-8-9(11)7-10(13)14/h9,12H,1-8H2,(H,13,14). The predicted molar refractivity (Wildman–Crippen MR) is 62.8 cm³/mol. The van der Waals surface area contributed by atoms with Crippen molar-refractivity contribution < 1.29 is 19.7 Å². The number of thioether (sulfide) groups is 1. The van der Waals surface area contributed by atoms with Gasteiger partial charge in [-0.05, 0) is 0 Å². The summed E-state index contributed by atoms with van der Waals surface area (Å²) >= 11 is 1.81. The van der Waals surface area contributed by atoms with Crippen LogP contribution in [0.2, 0.25) is 0 Å². The minimum Gasteiger partial charge on any atom is -0.481 e. The Kier molecular flexibility index (Phi) is 6.79. The Morgan fingerprint density at radius 1 is 1.50 bits per heavy atom. The van der Waals surface area contributed by atoms with Crippen LogP contribution in [-0.2, 0) is 9.53 Å². The molecule has 1 saturated heterocycles. The van der Waals surface area contributed by atoms with Crippen LogP contribution in [-0.4, -0.2) is 71.5 Å². The lowest BCUT2D eigenvalue weighted by Gasteiger charge is -2.34. The van der Waals surface area contributed by atoms with Crippen LogP contribution in [0.15, 0.2) is 0 Å². The van der Waals surface area contributed by atoms with Gasteiger partial charge in [0.1, 0.15) is 0 Å². The lowest BCUT2D eigenvalue weighted by Crippen LogP contribution is -2.45. The van der Waals surface area contributed by atoms with Gasteiger partial charge in [0, 0.05) is 30.6 Å². The van der Waals surface area contributed by atoms with E-state index >= 15 is 0 Å². The summed E-state index contributed by atoms with van der Waals surface area (Å²) in [5.41, 5.74) is 0. The molecule has 1 unspecified atom stereocenters. The summed E-state index contributed by atoms with van der Waals surface area (Å²) in [6.45, 7) is 2.62. The number of aliphatic hydroxyl groups excluding tert-OH is 1. The normalized spacial score (nSPS) is 22.2. The molecule has 0 aromatic heterocycles. The topological polar surface area (TPSA) is 70.0 Å². The van der Waals surface area contributed by atoms with Crippen LogP contribution in [0.5, 0.6) is 0 Å². The van der Waals surface area contributed by atoms with E-state index in [1.165, 1.54) is 0 Å². The van der Waals surface area contributed by atoms with Crippen LogP contribution >= 0.6 is 11.8 Å². The van der Waals surface area contributed by atoms with Crippen molar-refractivity contribution in [3.63, 3.8) is 0 Å². The van der Waals surface area contributed by atoms with Crippen LogP contribution in [0.3, 0.4) is 0 Å². The van der Waals surface area contributed by atoms with Crippen LogP contribution in [0.1, 0.15) is 6.42 Å². The van der Waals surface area contributed by atoms with Gasteiger partial charge < -0.3 is 14.9 Å². The summed E-state index contributed by atoms with van der Waals surface area (Å²) in [5, 5.41) is 17.3. The molecule has 0 aliphatic carbocycles. The molecule has 94 valence electrons. The molecule has 2 N–H and O–H groups in total. The molecule has 0 aromatic carbocycles. The maximum atomic E-state index is 10.7. The molecule has 0 aromatic rings. The first-order valence-electron chi connectivity index (χ1n) is 5.46. The first-order valence-corrected chi connectivity index (χ1v) is 6.61. The highest BCUT2D eigenvalue weighted by Gasteiger charge is 2.24. The Hall–Kier alpha value is -0.300. The van der Waals surface area contributed by atoms with E-state index in [1.54, 1.807) is 11.8 Å². The minimum atomic E-state index is -0.742. The SMILES string of the molecule is O=C(O)CC1CSCCN1CCOCCO. The van der Waals surface area contributed by atoms with Crippen molar-refractivity contribution in [2.75, 3.05) is 44.4 Å². The monoisotopic (exact) mass is 249 g/mol. The smallest absolute Gasteiger partial charge is 0.304 e. The number of ether oxygens (including phenoxy) is 1. The third kappa shape index (κ3) is 5.16. The first-order chi connectivity index (χ1) is 7.74. The number of carboxylic acid groups (broad SMARTS) is 1. The molecule has 16 heavy (non-hydrogen) atoms. The van der Waals surface area contributed by atoms with Gasteiger partial charge in [0.05, 0.1) is 26.2 Å². The average molecular weight is 249 g/mol. The van der Waals surface area contributed by atoms with Crippen LogP contribution in [0.4, 0.5) is 0 Å². The Balaban J connectivity index is 2.26. The summed E-state index contributed by atoms with van der Waals surface area (Å²) < 4.78 is 5.19. The quantitative estimate of drug-likeness (QED) is 0.613. The van der Waals surface area contributed by atoms with E-state index < -0.39 is 5.97 Å². The number of rotatable bonds is 7. The van der Waals surface area contributed by atoms with E-state index in [9.17, 15) is 4.79 Å². The van der Waals surface area contributed by atoms with Gasteiger partial charge in [0.25, 0.3) is 0 Å². The Morgan fingerprint density at radius 3 is 3.00 bits per heavy atom. The first kappa shape index (κ1) is 13.8. The molecule has 1 atom stereocenters. The maximum Gasteiger partial charge on any atom is 0.304 e. The second-order valence-electron chi connectivity index (χ2n) is 3.70. The highest BCUT2D eigenvalue weighted by molar-refractivity contribution is 7.99. The van der Waals surface area contributed by atoms with Gasteiger partial charge in [0.2, 0.25) is 0 Å². The van der Waals surface area contributed by atoms with Gasteiger partial charge in [-0.1, -0.05) is 0 Å². The third-order valence-corrected chi connectivity index (χ3v) is 3.61. The zero-order valence-corrected chi connectivity index (χ0v) is 10.1. The summed E-state index contributed by atoms with van der Waals surface area (Å²) in [7, 11) is 0. The Labute approximate surface area is 99.8 Å². The van der Waals surface area contributed by atoms with Gasteiger partial charge in [-0.3, -0.25) is 9.69 Å². The van der Waals surface area contributed by atoms with Crippen LogP contribution in [0.25, 0.3) is 0 Å². The van der Waals surface area contributed by atoms with Gasteiger partial charge >= 0.3 is 5.97 Å². The largest absolute Gasteiger partial charge is 0.481 e. The fraction of sp³-hybridized carbons (Fsp3) is 0.900. The summed E-state index contributed by atoms with van der Waals surface area (Å²) in [6.07, 6.45) is 0.201. The summed E-state index contributed by atoms with van der Waals surface area (Å²) in [4.78, 5) is 12.9. The van der Waals surface area contributed by atoms with Gasteiger partial charge in [0.15, 0.2) is 0 Å². The molecule has 0 saturated carbocycles. The summed E-state index contributed by atoms with van der Waals surface area (Å²) in [5.74, 6) is 1.19. The zero-order valence-electron chi connectivity index (χ0n) is 9.30. The molecular formula is C10H19NO4S. The van der Waals surface area contributed by atoms with Crippen LogP contribution < -0.4 is 0 Å². The molecule has 1 aliphatic heterocycles. The fourth-order valence-electron chi connectivity index (χ4n) is 1.72. The number of carboxylic acids is 1. The molecular weight excluding hydrogens is 230 g/mol. The molecule has 1 rings (SSSR count). The van der Waals surface area contributed by atoms with E-state index in [0.29, 0.717) is 13.2 Å². The second-order valence-corrected chi connectivity index (χ2v) is 4.85. The highest BCUT2D eigenvalue weighted by atomic mass is 32.2. The molecule has 1 fully saturated rings. The van der Waals surface area contributed by atoms with E-state index in [4.69, 9.17) is 14.9 Å². The zero-order chi connectivity index (χ0) is 11.8. The van der Waals surface area contributed by atoms with E-state index in [0.717, 1.165) is 24.6 Å². The third-order valence-electron chi connectivity index (χ3n) is 2.52. The Morgan fingerprint density at radius 2 is 2.31 bits per heavy atom. The van der Waals surface area contributed by atoms with E-state index in [2.05, 4.69) is 4.90 Å². The number of hydrogen-bond acceptors (Lipinski definition) is 5. The van der Waals surface area contributed by atoms with Crippen molar-refractivity contribution in [1.82, 2.24) is 4.90 Å². The van der Waals surface area contributed by atoms with Gasteiger partial charge in [-0.25, -0.2) is 0 Å². The van der Waals surface area contributed by atoms with Crippen molar-refractivity contribution in [1.29, 1.82) is 0 Å². The second kappa shape index (κ2) is 7.89. The molecule has 1 aliphatic rings. The predicted octanol–water partition coefficient (Wildman–Crippen LogP) is -0.113. The van der Waals surface area contributed by atoms with Crippen molar-refractivity contribution in [3.05, 3.63) is 0 Å². The van der Waals surface area contributed by atoms with Crippen molar-refractivity contribution in [2.45, 2.75) is 12.5 Å². The summed E-state index contributed by atoms with van der Waals surface area (Å²) in [6, 6.07) is 0.119. The van der Waals surface area contributed by atoms with E-state index in [-0.39, 0.29) is 19.1 Å². The molecule has 0 amide bonds. The molecule has 5 nitrogen and oxygen atoms in total. The van der Waals surface area contributed by atoms with Crippen molar-refractivity contribution in [2.24, 2.45) is 0 Å². The minimum absolute atomic E-state index is 0.0361. The van der Waals surface area contributed by atoms with Crippen molar-refractivity contribution in [3.8, 4) is 0 Å². The fourth-order valence-corrected chi connectivity index (χ4v) is 2.85. The number of carbonyl (C=O) groups is 1.